The summed E-state index contributed by atoms with van der Waals surface area (Å²) < 4.78 is 38.7. The van der Waals surface area contributed by atoms with Crippen molar-refractivity contribution >= 4 is 11.4 Å². The lowest BCUT2D eigenvalue weighted by molar-refractivity contribution is -0.137. The van der Waals surface area contributed by atoms with Crippen LogP contribution in [0.25, 0.3) is 11.1 Å². The van der Waals surface area contributed by atoms with Crippen molar-refractivity contribution in [3.05, 3.63) is 77.9 Å². The number of aliphatic imine (C=N–C) groups is 1. The fourth-order valence-corrected chi connectivity index (χ4v) is 2.92. The molecule has 0 fully saturated rings. The quantitative estimate of drug-likeness (QED) is 0.670. The third-order valence-electron chi connectivity index (χ3n) is 4.15. The number of nitrogens with zero attached hydrogens (tertiary/aromatic N) is 3. The van der Waals surface area contributed by atoms with Gasteiger partial charge in [-0.1, -0.05) is 6.07 Å². The molecule has 0 atom stereocenters. The summed E-state index contributed by atoms with van der Waals surface area (Å²) in [6.07, 6.45) is 2.89. The summed E-state index contributed by atoms with van der Waals surface area (Å²) in [6.45, 7) is 0. The summed E-state index contributed by atoms with van der Waals surface area (Å²) in [6, 6.07) is 9.28. The van der Waals surface area contributed by atoms with E-state index >= 15 is 0 Å². The highest BCUT2D eigenvalue weighted by molar-refractivity contribution is 6.10. The van der Waals surface area contributed by atoms with Crippen LogP contribution in [0.4, 0.5) is 18.9 Å². The van der Waals surface area contributed by atoms with Crippen molar-refractivity contribution in [3.63, 3.8) is 0 Å². The Labute approximate surface area is 141 Å². The Balaban J connectivity index is 1.77. The Morgan fingerprint density at radius 1 is 0.840 bits per heavy atom. The normalized spacial score (nSPS) is 13.5. The largest absolute Gasteiger partial charge is 0.416 e. The molecule has 0 unspecified atom stereocenters. The number of pyridine rings is 2. The minimum atomic E-state index is -4.37. The van der Waals surface area contributed by atoms with Gasteiger partial charge in [-0.3, -0.25) is 15.0 Å². The van der Waals surface area contributed by atoms with Crippen molar-refractivity contribution in [1.29, 1.82) is 0 Å². The van der Waals surface area contributed by atoms with Crippen LogP contribution in [0.1, 0.15) is 16.7 Å². The zero-order valence-corrected chi connectivity index (χ0v) is 13.0. The van der Waals surface area contributed by atoms with E-state index in [4.69, 9.17) is 0 Å². The first kappa shape index (κ1) is 15.5. The second-order valence-electron chi connectivity index (χ2n) is 5.73. The highest BCUT2D eigenvalue weighted by atomic mass is 19.4. The molecule has 0 N–H and O–H groups in total. The van der Waals surface area contributed by atoms with E-state index < -0.39 is 11.7 Å². The Hall–Kier alpha value is -3.02. The summed E-state index contributed by atoms with van der Waals surface area (Å²) in [5.74, 6) is 0. The Morgan fingerprint density at radius 2 is 1.60 bits per heavy atom. The molecule has 3 heterocycles. The maximum Gasteiger partial charge on any atom is 0.416 e. The minimum Gasteiger partial charge on any atom is -0.265 e. The van der Waals surface area contributed by atoms with Crippen molar-refractivity contribution in [3.8, 4) is 11.1 Å². The predicted octanol–water partition coefficient (Wildman–Crippen LogP) is 4.84. The average Bonchev–Trinajstić information content (AvgIpc) is 3.05. The van der Waals surface area contributed by atoms with Crippen LogP contribution in [0.3, 0.4) is 0 Å². The van der Waals surface area contributed by atoms with E-state index in [9.17, 15) is 13.2 Å². The number of benzene rings is 1. The van der Waals surface area contributed by atoms with Gasteiger partial charge >= 0.3 is 6.18 Å². The molecule has 0 saturated carbocycles. The molecule has 4 rings (SSSR count). The smallest absolute Gasteiger partial charge is 0.265 e. The molecule has 25 heavy (non-hydrogen) atoms. The standard InChI is InChI=1S/C19H12F3N3/c20-19(21,22)14-2-1-13-9-18(25-17(13)10-14)15-5-8-24-11-16(15)12-3-6-23-7-4-12/h1-8,10-11H,9H2. The van der Waals surface area contributed by atoms with Crippen molar-refractivity contribution in [1.82, 2.24) is 9.97 Å². The monoisotopic (exact) mass is 339 g/mol. The number of fused-ring (bicyclic) bond motifs is 1. The molecule has 0 bridgehead atoms. The van der Waals surface area contributed by atoms with Crippen LogP contribution in [0, 0.1) is 0 Å². The van der Waals surface area contributed by atoms with Crippen LogP contribution in [-0.4, -0.2) is 15.7 Å². The molecule has 6 heteroatoms. The van der Waals surface area contributed by atoms with Crippen LogP contribution in [0.5, 0.6) is 0 Å². The van der Waals surface area contributed by atoms with Gasteiger partial charge in [0.1, 0.15) is 0 Å². The summed E-state index contributed by atoms with van der Waals surface area (Å²) >= 11 is 0. The lowest BCUT2D eigenvalue weighted by Gasteiger charge is -2.08. The van der Waals surface area contributed by atoms with Crippen LogP contribution in [0.2, 0.25) is 0 Å². The van der Waals surface area contributed by atoms with Gasteiger partial charge in [-0.15, -0.1) is 0 Å². The van der Waals surface area contributed by atoms with Crippen molar-refractivity contribution < 1.29 is 13.2 Å². The zero-order valence-electron chi connectivity index (χ0n) is 13.0. The van der Waals surface area contributed by atoms with Crippen LogP contribution in [-0.2, 0) is 12.6 Å². The number of halogens is 3. The number of alkyl halides is 3. The topological polar surface area (TPSA) is 38.1 Å². The Bertz CT molecular complexity index is 963. The molecule has 3 aromatic rings. The number of aromatic nitrogens is 2. The number of hydrogen-bond donors (Lipinski definition) is 0. The fraction of sp³-hybridized carbons (Fsp3) is 0.105. The van der Waals surface area contributed by atoms with E-state index in [0.29, 0.717) is 12.1 Å². The summed E-state index contributed by atoms with van der Waals surface area (Å²) in [7, 11) is 0. The second kappa shape index (κ2) is 5.81. The predicted molar refractivity (Wildman–Crippen MR) is 88.8 cm³/mol. The molecule has 0 spiro atoms. The average molecular weight is 339 g/mol. The summed E-state index contributed by atoms with van der Waals surface area (Å²) in [4.78, 5) is 12.6. The van der Waals surface area contributed by atoms with Crippen LogP contribution in [0.15, 0.2) is 66.2 Å². The van der Waals surface area contributed by atoms with Crippen molar-refractivity contribution in [2.24, 2.45) is 4.99 Å². The second-order valence-corrected chi connectivity index (χ2v) is 5.73. The molecule has 1 aliphatic heterocycles. The maximum atomic E-state index is 12.9. The summed E-state index contributed by atoms with van der Waals surface area (Å²) in [5.41, 5.74) is 3.91. The van der Waals surface area contributed by atoms with Gasteiger partial charge in [0, 0.05) is 42.3 Å². The lowest BCUT2D eigenvalue weighted by Crippen LogP contribution is -2.05. The molecule has 0 amide bonds. The number of hydrogen-bond acceptors (Lipinski definition) is 3. The summed E-state index contributed by atoms with van der Waals surface area (Å²) in [5, 5.41) is 0. The molecule has 1 aliphatic rings. The SMILES string of the molecule is FC(F)(F)c1ccc2c(c1)N=C(c1ccncc1-c1ccncc1)C2. The van der Waals surface area contributed by atoms with Gasteiger partial charge in [-0.05, 0) is 41.5 Å². The van der Waals surface area contributed by atoms with Gasteiger partial charge in [0.25, 0.3) is 0 Å². The van der Waals surface area contributed by atoms with E-state index in [-0.39, 0.29) is 0 Å². The maximum absolute atomic E-state index is 12.9. The van der Waals surface area contributed by atoms with Crippen LogP contribution < -0.4 is 0 Å². The first-order chi connectivity index (χ1) is 12.0. The third kappa shape index (κ3) is 2.91. The fourth-order valence-electron chi connectivity index (χ4n) is 2.92. The highest BCUT2D eigenvalue weighted by Crippen LogP contribution is 2.37. The van der Waals surface area contributed by atoms with E-state index in [1.54, 1.807) is 24.8 Å². The highest BCUT2D eigenvalue weighted by Gasteiger charge is 2.32. The molecule has 0 aliphatic carbocycles. The molecular weight excluding hydrogens is 327 g/mol. The van der Waals surface area contributed by atoms with Gasteiger partial charge in [0.05, 0.1) is 17.0 Å². The van der Waals surface area contributed by atoms with Gasteiger partial charge < -0.3 is 0 Å². The van der Waals surface area contributed by atoms with Crippen molar-refractivity contribution in [2.45, 2.75) is 12.6 Å². The zero-order chi connectivity index (χ0) is 17.4. The van der Waals surface area contributed by atoms with Gasteiger partial charge in [-0.2, -0.15) is 13.2 Å². The molecule has 0 radical (unpaired) electrons. The minimum absolute atomic E-state index is 0.377. The van der Waals surface area contributed by atoms with Crippen LogP contribution >= 0.6 is 0 Å². The Morgan fingerprint density at radius 3 is 2.36 bits per heavy atom. The molecule has 0 saturated heterocycles. The first-order valence-electron chi connectivity index (χ1n) is 7.65. The molecule has 3 nitrogen and oxygen atoms in total. The van der Waals surface area contributed by atoms with Gasteiger partial charge in [-0.25, -0.2) is 0 Å². The molecule has 2 aromatic heterocycles. The van der Waals surface area contributed by atoms with E-state index in [1.165, 1.54) is 6.07 Å². The Kier molecular flexibility index (Phi) is 3.60. The third-order valence-corrected chi connectivity index (χ3v) is 4.15. The van der Waals surface area contributed by atoms with E-state index in [1.807, 2.05) is 18.2 Å². The molecule has 1 aromatic carbocycles. The van der Waals surface area contributed by atoms with Gasteiger partial charge in [0.2, 0.25) is 0 Å². The lowest BCUT2D eigenvalue weighted by atomic mass is 9.97. The van der Waals surface area contributed by atoms with E-state index in [0.717, 1.165) is 40.1 Å². The van der Waals surface area contributed by atoms with Gasteiger partial charge in [0.15, 0.2) is 0 Å². The van der Waals surface area contributed by atoms with E-state index in [2.05, 4.69) is 15.0 Å². The first-order valence-corrected chi connectivity index (χ1v) is 7.65. The number of rotatable bonds is 2. The van der Waals surface area contributed by atoms with Crippen molar-refractivity contribution in [2.75, 3.05) is 0 Å². The molecular formula is C19H12F3N3. The molecule has 124 valence electrons.